The van der Waals surface area contributed by atoms with Gasteiger partial charge in [-0.1, -0.05) is 18.2 Å². The molecule has 1 aliphatic heterocycles. The number of anilines is 1. The second-order valence-electron chi connectivity index (χ2n) is 8.03. The summed E-state index contributed by atoms with van der Waals surface area (Å²) in [7, 11) is 0. The van der Waals surface area contributed by atoms with E-state index in [0.29, 0.717) is 30.0 Å². The van der Waals surface area contributed by atoms with E-state index < -0.39 is 6.04 Å². The highest BCUT2D eigenvalue weighted by atomic mass is 16.2. The molecule has 1 fully saturated rings. The maximum atomic E-state index is 12.8. The van der Waals surface area contributed by atoms with E-state index in [0.717, 1.165) is 23.9 Å². The summed E-state index contributed by atoms with van der Waals surface area (Å²) in [6, 6.07) is 6.48. The third kappa shape index (κ3) is 4.08. The van der Waals surface area contributed by atoms with Crippen molar-refractivity contribution in [1.82, 2.24) is 25.1 Å². The Morgan fingerprint density at radius 3 is 2.61 bits per heavy atom. The normalized spacial score (nSPS) is 15.8. The Balaban J connectivity index is 1.41. The summed E-state index contributed by atoms with van der Waals surface area (Å²) >= 11 is 0. The van der Waals surface area contributed by atoms with Crippen LogP contribution in [0.3, 0.4) is 0 Å². The summed E-state index contributed by atoms with van der Waals surface area (Å²) in [5.41, 5.74) is 0.939. The fourth-order valence-electron chi connectivity index (χ4n) is 3.83. The number of fused-ring (bicyclic) bond motifs is 1. The Morgan fingerprint density at radius 1 is 1.19 bits per heavy atom. The number of carbonyl (C=O) groups excluding carboxylic acids is 1. The monoisotopic (exact) mass is 422 g/mol. The van der Waals surface area contributed by atoms with Crippen molar-refractivity contribution in [3.05, 3.63) is 62.4 Å². The number of hydrogen-bond acceptors (Lipinski definition) is 6. The molecule has 31 heavy (non-hydrogen) atoms. The van der Waals surface area contributed by atoms with Crippen LogP contribution in [0.1, 0.15) is 37.1 Å². The van der Waals surface area contributed by atoms with Crippen molar-refractivity contribution in [1.29, 1.82) is 0 Å². The first-order chi connectivity index (χ1) is 14.8. The van der Waals surface area contributed by atoms with Crippen LogP contribution in [-0.4, -0.2) is 44.8 Å². The summed E-state index contributed by atoms with van der Waals surface area (Å²) in [6.07, 6.45) is 3.04. The lowest BCUT2D eigenvalue weighted by Gasteiger charge is -2.33. The molecule has 0 radical (unpaired) electrons. The van der Waals surface area contributed by atoms with E-state index >= 15 is 0 Å². The first kappa shape index (κ1) is 20.8. The molecule has 162 valence electrons. The smallest absolute Gasteiger partial charge is 0.275 e. The Morgan fingerprint density at radius 2 is 1.90 bits per heavy atom. The predicted octanol–water partition coefficient (Wildman–Crippen LogP) is 1.44. The van der Waals surface area contributed by atoms with Gasteiger partial charge in [0.2, 0.25) is 11.9 Å². The molecule has 2 aromatic heterocycles. The maximum absolute atomic E-state index is 12.8. The molecule has 3 heterocycles. The molecule has 0 bridgehead atoms. The van der Waals surface area contributed by atoms with Gasteiger partial charge in [0, 0.05) is 35.8 Å². The highest BCUT2D eigenvalue weighted by molar-refractivity contribution is 5.82. The number of hydrogen-bond donors (Lipinski definition) is 2. The van der Waals surface area contributed by atoms with E-state index in [1.165, 1.54) is 4.68 Å². The zero-order chi connectivity index (χ0) is 22.1. The van der Waals surface area contributed by atoms with Crippen molar-refractivity contribution in [2.75, 3.05) is 18.0 Å². The van der Waals surface area contributed by atoms with E-state index in [-0.39, 0.29) is 23.1 Å². The average Bonchev–Trinajstić information content (AvgIpc) is 2.77. The Kier molecular flexibility index (Phi) is 5.58. The van der Waals surface area contributed by atoms with Crippen LogP contribution in [0.2, 0.25) is 0 Å². The minimum absolute atomic E-state index is 0.0133. The number of aromatic amines is 1. The van der Waals surface area contributed by atoms with Gasteiger partial charge in [-0.3, -0.25) is 19.4 Å². The van der Waals surface area contributed by atoms with Crippen molar-refractivity contribution in [3.63, 3.8) is 0 Å². The molecule has 0 saturated carbocycles. The van der Waals surface area contributed by atoms with Crippen molar-refractivity contribution in [2.24, 2.45) is 0 Å². The van der Waals surface area contributed by atoms with Gasteiger partial charge < -0.3 is 10.2 Å². The van der Waals surface area contributed by atoms with E-state index in [1.54, 1.807) is 32.2 Å². The third-order valence-corrected chi connectivity index (χ3v) is 5.99. The van der Waals surface area contributed by atoms with Gasteiger partial charge in [-0.25, -0.2) is 9.67 Å². The molecule has 0 spiro atoms. The predicted molar refractivity (Wildman–Crippen MR) is 118 cm³/mol. The van der Waals surface area contributed by atoms with Crippen LogP contribution >= 0.6 is 0 Å². The molecule has 1 amide bonds. The summed E-state index contributed by atoms with van der Waals surface area (Å²) in [5.74, 6) is 0.333. The van der Waals surface area contributed by atoms with Crippen molar-refractivity contribution in [2.45, 2.75) is 45.7 Å². The summed E-state index contributed by atoms with van der Waals surface area (Å²) in [5, 5.41) is 8.52. The fourth-order valence-corrected chi connectivity index (χ4v) is 3.83. The topological polar surface area (TPSA) is 113 Å². The molecule has 2 N–H and O–H groups in total. The van der Waals surface area contributed by atoms with Gasteiger partial charge in [0.25, 0.3) is 11.1 Å². The number of aryl methyl sites for hydroxylation is 1. The molecule has 1 saturated heterocycles. The average molecular weight is 422 g/mol. The zero-order valence-corrected chi connectivity index (χ0v) is 17.9. The SMILES string of the molecule is Cc1nc(N2CCC(NC(=O)C(C)n3ncc4ccccc4c3=O)CC2)[nH]c(=O)c1C. The second-order valence-corrected chi connectivity index (χ2v) is 8.03. The minimum Gasteiger partial charge on any atom is -0.351 e. The second kappa shape index (κ2) is 8.33. The van der Waals surface area contributed by atoms with Crippen LogP contribution < -0.4 is 21.3 Å². The highest BCUT2D eigenvalue weighted by Crippen LogP contribution is 2.17. The van der Waals surface area contributed by atoms with E-state index in [2.05, 4.69) is 20.4 Å². The summed E-state index contributed by atoms with van der Waals surface area (Å²) < 4.78 is 1.23. The van der Waals surface area contributed by atoms with Crippen molar-refractivity contribution in [3.8, 4) is 0 Å². The van der Waals surface area contributed by atoms with Gasteiger partial charge >= 0.3 is 0 Å². The molecule has 1 aromatic carbocycles. The number of H-pyrrole nitrogens is 1. The van der Waals surface area contributed by atoms with Crippen molar-refractivity contribution >= 4 is 22.6 Å². The lowest BCUT2D eigenvalue weighted by molar-refractivity contribution is -0.125. The van der Waals surface area contributed by atoms with Gasteiger partial charge in [0.15, 0.2) is 0 Å². The van der Waals surface area contributed by atoms with Crippen molar-refractivity contribution < 1.29 is 4.79 Å². The van der Waals surface area contributed by atoms with Crippen LogP contribution in [0.5, 0.6) is 0 Å². The molecule has 1 aliphatic rings. The first-order valence-corrected chi connectivity index (χ1v) is 10.4. The van der Waals surface area contributed by atoms with Crippen LogP contribution in [-0.2, 0) is 4.79 Å². The van der Waals surface area contributed by atoms with Crippen LogP contribution in [0, 0.1) is 13.8 Å². The molecular weight excluding hydrogens is 396 g/mol. The summed E-state index contributed by atoms with van der Waals surface area (Å²) in [4.78, 5) is 46.9. The fraction of sp³-hybridized carbons (Fsp3) is 0.409. The number of benzene rings is 1. The molecule has 9 heteroatoms. The quantitative estimate of drug-likeness (QED) is 0.658. The number of amides is 1. The van der Waals surface area contributed by atoms with Gasteiger partial charge in [-0.05, 0) is 39.7 Å². The number of carbonyl (C=O) groups is 1. The largest absolute Gasteiger partial charge is 0.351 e. The highest BCUT2D eigenvalue weighted by Gasteiger charge is 2.25. The van der Waals surface area contributed by atoms with Gasteiger partial charge in [0.1, 0.15) is 6.04 Å². The number of nitrogens with one attached hydrogen (secondary N) is 2. The number of aromatic nitrogens is 4. The van der Waals surface area contributed by atoms with Gasteiger partial charge in [-0.2, -0.15) is 5.10 Å². The molecule has 1 unspecified atom stereocenters. The third-order valence-electron chi connectivity index (χ3n) is 5.99. The van der Waals surface area contributed by atoms with E-state index in [1.807, 2.05) is 24.0 Å². The number of piperidine rings is 1. The summed E-state index contributed by atoms with van der Waals surface area (Å²) in [6.45, 7) is 6.59. The Labute approximate surface area is 179 Å². The van der Waals surface area contributed by atoms with E-state index in [4.69, 9.17) is 0 Å². The molecule has 4 rings (SSSR count). The lowest BCUT2D eigenvalue weighted by atomic mass is 10.0. The standard InChI is InChI=1S/C22H26N6O3/c1-13-14(2)24-22(26-19(13)29)27-10-8-17(9-11-27)25-20(30)15(3)28-21(31)18-7-5-4-6-16(18)12-23-28/h4-7,12,15,17H,8-11H2,1-3H3,(H,25,30)(H,24,26,29). The zero-order valence-electron chi connectivity index (χ0n) is 17.9. The van der Waals surface area contributed by atoms with Gasteiger partial charge in [-0.15, -0.1) is 0 Å². The molecule has 0 aliphatic carbocycles. The lowest BCUT2D eigenvalue weighted by Crippen LogP contribution is -2.48. The number of nitrogens with zero attached hydrogens (tertiary/aromatic N) is 4. The Bertz CT molecular complexity index is 1240. The number of rotatable bonds is 4. The first-order valence-electron chi connectivity index (χ1n) is 10.4. The van der Waals surface area contributed by atoms with Gasteiger partial charge in [0.05, 0.1) is 11.6 Å². The van der Waals surface area contributed by atoms with Crippen LogP contribution in [0.4, 0.5) is 5.95 Å². The molecule has 3 aromatic rings. The van der Waals surface area contributed by atoms with E-state index in [9.17, 15) is 14.4 Å². The van der Waals surface area contributed by atoms with Crippen LogP contribution in [0.15, 0.2) is 40.1 Å². The Hall–Kier alpha value is -3.49. The van der Waals surface area contributed by atoms with Crippen LogP contribution in [0.25, 0.3) is 10.8 Å². The molecule has 9 nitrogen and oxygen atoms in total. The molecule has 1 atom stereocenters. The minimum atomic E-state index is -0.715. The molecular formula is C22H26N6O3. The maximum Gasteiger partial charge on any atom is 0.275 e.